The van der Waals surface area contributed by atoms with Gasteiger partial charge in [-0.05, 0) is 43.9 Å². The minimum atomic E-state index is 0.468. The molecule has 0 amide bonds. The van der Waals surface area contributed by atoms with Crippen molar-refractivity contribution in [3.8, 4) is 0 Å². The van der Waals surface area contributed by atoms with Crippen molar-refractivity contribution in [3.63, 3.8) is 0 Å². The maximum atomic E-state index is 10.6. The fourth-order valence-corrected chi connectivity index (χ4v) is 2.26. The minimum absolute atomic E-state index is 0.468. The zero-order valence-electron chi connectivity index (χ0n) is 14.8. The lowest BCUT2D eigenvalue weighted by molar-refractivity contribution is -0.107. The van der Waals surface area contributed by atoms with E-state index in [2.05, 4.69) is 37.8 Å². The van der Waals surface area contributed by atoms with Crippen molar-refractivity contribution in [1.82, 2.24) is 0 Å². The van der Waals surface area contributed by atoms with Gasteiger partial charge in [0.1, 0.15) is 12.0 Å². The maximum absolute atomic E-state index is 10.6. The van der Waals surface area contributed by atoms with Crippen molar-refractivity contribution in [2.24, 2.45) is 0 Å². The second-order valence-electron chi connectivity index (χ2n) is 5.49. The number of hydrogen-bond acceptors (Lipinski definition) is 3. The lowest BCUT2D eigenvalue weighted by atomic mass is 10.1. The van der Waals surface area contributed by atoms with Crippen molar-refractivity contribution in [2.45, 2.75) is 33.1 Å². The van der Waals surface area contributed by atoms with E-state index in [1.807, 2.05) is 19.1 Å². The molecule has 0 N–H and O–H groups in total. The van der Waals surface area contributed by atoms with E-state index in [0.717, 1.165) is 24.0 Å². The molecule has 0 atom stereocenters. The van der Waals surface area contributed by atoms with Gasteiger partial charge in [0.2, 0.25) is 0 Å². The molecule has 1 rings (SSSR count). The Morgan fingerprint density at radius 1 is 1.42 bits per heavy atom. The van der Waals surface area contributed by atoms with Crippen LogP contribution in [0.2, 0.25) is 0 Å². The number of ether oxygens (including phenoxy) is 2. The topological polar surface area (TPSA) is 35.5 Å². The summed E-state index contributed by atoms with van der Waals surface area (Å²) in [7, 11) is 0. The van der Waals surface area contributed by atoms with Crippen LogP contribution in [0.15, 0.2) is 71.6 Å². The van der Waals surface area contributed by atoms with Crippen LogP contribution in [0.25, 0.3) is 0 Å². The molecule has 0 unspecified atom stereocenters. The van der Waals surface area contributed by atoms with Gasteiger partial charge in [-0.3, -0.25) is 0 Å². The first-order valence-corrected chi connectivity index (χ1v) is 8.40. The summed E-state index contributed by atoms with van der Waals surface area (Å²) in [5, 5.41) is 0. The smallest absolute Gasteiger partial charge is 0.121 e. The second-order valence-corrected chi connectivity index (χ2v) is 5.49. The van der Waals surface area contributed by atoms with Gasteiger partial charge in [-0.25, -0.2) is 0 Å². The molecular weight excluding hydrogens is 300 g/mol. The SMILES string of the molecule is C=C/C(OCC)=C(\C=C/COCC1=CC=CC(C)=CC1)CCC=O. The first-order chi connectivity index (χ1) is 11.7. The van der Waals surface area contributed by atoms with Gasteiger partial charge in [-0.1, -0.05) is 48.6 Å². The monoisotopic (exact) mass is 328 g/mol. The number of carbonyl (C=O) groups excluding carboxylic acids is 1. The van der Waals surface area contributed by atoms with E-state index in [-0.39, 0.29) is 0 Å². The summed E-state index contributed by atoms with van der Waals surface area (Å²) in [5.74, 6) is 0.729. The van der Waals surface area contributed by atoms with Crippen LogP contribution in [0, 0.1) is 0 Å². The normalized spacial score (nSPS) is 15.4. The van der Waals surface area contributed by atoms with E-state index < -0.39 is 0 Å². The molecule has 0 saturated heterocycles. The molecule has 1 aliphatic carbocycles. The molecule has 1 aliphatic rings. The molecule has 0 spiro atoms. The molecule has 0 aromatic heterocycles. The van der Waals surface area contributed by atoms with Gasteiger partial charge in [0, 0.05) is 6.42 Å². The molecule has 130 valence electrons. The highest BCUT2D eigenvalue weighted by Crippen LogP contribution is 2.15. The van der Waals surface area contributed by atoms with E-state index in [1.165, 1.54) is 11.1 Å². The molecule has 0 heterocycles. The third-order valence-corrected chi connectivity index (χ3v) is 3.53. The lowest BCUT2D eigenvalue weighted by Crippen LogP contribution is -1.99. The quantitative estimate of drug-likeness (QED) is 0.235. The summed E-state index contributed by atoms with van der Waals surface area (Å²) in [6, 6.07) is 0. The summed E-state index contributed by atoms with van der Waals surface area (Å²) in [4.78, 5) is 10.6. The highest BCUT2D eigenvalue weighted by Gasteiger charge is 2.02. The summed E-state index contributed by atoms with van der Waals surface area (Å²) in [6.45, 7) is 9.51. The average molecular weight is 328 g/mol. The molecule has 3 nitrogen and oxygen atoms in total. The van der Waals surface area contributed by atoms with Crippen LogP contribution in [-0.2, 0) is 14.3 Å². The Morgan fingerprint density at radius 3 is 2.96 bits per heavy atom. The van der Waals surface area contributed by atoms with Crippen molar-refractivity contribution in [3.05, 3.63) is 71.6 Å². The van der Waals surface area contributed by atoms with Crippen LogP contribution in [0.5, 0.6) is 0 Å². The van der Waals surface area contributed by atoms with Crippen LogP contribution in [-0.4, -0.2) is 26.1 Å². The van der Waals surface area contributed by atoms with E-state index in [0.29, 0.717) is 32.7 Å². The summed E-state index contributed by atoms with van der Waals surface area (Å²) in [5.41, 5.74) is 3.51. The van der Waals surface area contributed by atoms with Gasteiger partial charge >= 0.3 is 0 Å². The zero-order valence-corrected chi connectivity index (χ0v) is 14.8. The highest BCUT2D eigenvalue weighted by molar-refractivity contribution is 5.50. The predicted octanol–water partition coefficient (Wildman–Crippen LogP) is 4.85. The molecule has 24 heavy (non-hydrogen) atoms. The van der Waals surface area contributed by atoms with Gasteiger partial charge in [0.15, 0.2) is 0 Å². The molecule has 0 fully saturated rings. The van der Waals surface area contributed by atoms with Crippen molar-refractivity contribution < 1.29 is 14.3 Å². The highest BCUT2D eigenvalue weighted by atomic mass is 16.5. The van der Waals surface area contributed by atoms with Gasteiger partial charge in [-0.15, -0.1) is 0 Å². The number of allylic oxidation sites excluding steroid dienone is 8. The Hall–Kier alpha value is -2.13. The van der Waals surface area contributed by atoms with E-state index in [1.54, 1.807) is 6.08 Å². The fraction of sp³-hybridized carbons (Fsp3) is 0.381. The third kappa shape index (κ3) is 7.93. The summed E-state index contributed by atoms with van der Waals surface area (Å²) in [6.07, 6.45) is 17.0. The van der Waals surface area contributed by atoms with Gasteiger partial charge in [0.25, 0.3) is 0 Å². The van der Waals surface area contributed by atoms with Crippen LogP contribution >= 0.6 is 0 Å². The van der Waals surface area contributed by atoms with Crippen LogP contribution in [0.4, 0.5) is 0 Å². The Morgan fingerprint density at radius 2 is 2.25 bits per heavy atom. The minimum Gasteiger partial charge on any atom is -0.494 e. The number of rotatable bonds is 11. The molecular formula is C21H28O3. The molecule has 0 saturated carbocycles. The van der Waals surface area contributed by atoms with Gasteiger partial charge in [0.05, 0.1) is 19.8 Å². The van der Waals surface area contributed by atoms with Gasteiger partial charge in [-0.2, -0.15) is 0 Å². The Bertz CT molecular complexity index is 557. The van der Waals surface area contributed by atoms with E-state index in [9.17, 15) is 4.79 Å². The maximum Gasteiger partial charge on any atom is 0.121 e. The third-order valence-electron chi connectivity index (χ3n) is 3.53. The summed E-state index contributed by atoms with van der Waals surface area (Å²) < 4.78 is 11.3. The molecule has 0 aromatic carbocycles. The second kappa shape index (κ2) is 12.3. The largest absolute Gasteiger partial charge is 0.494 e. The number of carbonyl (C=O) groups is 1. The zero-order chi connectivity index (χ0) is 17.6. The predicted molar refractivity (Wildman–Crippen MR) is 99.7 cm³/mol. The molecule has 0 radical (unpaired) electrons. The number of hydrogen-bond donors (Lipinski definition) is 0. The first-order valence-electron chi connectivity index (χ1n) is 8.40. The van der Waals surface area contributed by atoms with Crippen LogP contribution < -0.4 is 0 Å². The van der Waals surface area contributed by atoms with Crippen molar-refractivity contribution in [1.29, 1.82) is 0 Å². The Kier molecular flexibility index (Phi) is 10.2. The van der Waals surface area contributed by atoms with E-state index >= 15 is 0 Å². The Labute approximate surface area is 145 Å². The first kappa shape index (κ1) is 19.9. The molecule has 0 aromatic rings. The number of aldehydes is 1. The van der Waals surface area contributed by atoms with Crippen LogP contribution in [0.1, 0.15) is 33.1 Å². The van der Waals surface area contributed by atoms with Crippen molar-refractivity contribution >= 4 is 6.29 Å². The molecule has 0 bridgehead atoms. The average Bonchev–Trinajstić information content (AvgIpc) is 2.80. The molecule has 0 aliphatic heterocycles. The lowest BCUT2D eigenvalue weighted by Gasteiger charge is -2.09. The van der Waals surface area contributed by atoms with Crippen LogP contribution in [0.3, 0.4) is 0 Å². The summed E-state index contributed by atoms with van der Waals surface area (Å²) >= 11 is 0. The molecule has 3 heteroatoms. The standard InChI is InChI=1S/C21H28O3/c1-4-21(24-5-2)20(11-7-15-22)12-8-16-23-17-19-10-6-9-18(3)13-14-19/h4,6,8-10,12-13,15H,1,5,7,11,14,16-17H2,2-3H3/b12-8-,21-20+. The van der Waals surface area contributed by atoms with E-state index in [4.69, 9.17) is 9.47 Å². The fourth-order valence-electron chi connectivity index (χ4n) is 2.26. The van der Waals surface area contributed by atoms with Gasteiger partial charge < -0.3 is 14.3 Å². The Balaban J connectivity index is 2.52. The van der Waals surface area contributed by atoms with Crippen molar-refractivity contribution in [2.75, 3.05) is 19.8 Å².